The molecule has 18 heavy (non-hydrogen) atoms. The molecule has 94 valence electrons. The molecule has 0 saturated heterocycles. The molecule has 0 amide bonds. The number of aliphatic carboxylic acids is 2. The van der Waals surface area contributed by atoms with Crippen LogP contribution in [0.5, 0.6) is 0 Å². The molecular weight excluding hydrogens is 236 g/mol. The maximum absolute atomic E-state index is 11.4. The lowest BCUT2D eigenvalue weighted by Crippen LogP contribution is -2.58. The first kappa shape index (κ1) is 12.4. The summed E-state index contributed by atoms with van der Waals surface area (Å²) in [6.07, 6.45) is 1.16. The first-order chi connectivity index (χ1) is 8.42. The summed E-state index contributed by atoms with van der Waals surface area (Å²) in [7, 11) is 0. The van der Waals surface area contributed by atoms with E-state index in [1.54, 1.807) is 0 Å². The maximum Gasteiger partial charge on any atom is 0.309 e. The van der Waals surface area contributed by atoms with Gasteiger partial charge >= 0.3 is 11.9 Å². The van der Waals surface area contributed by atoms with Crippen LogP contribution in [0.25, 0.3) is 0 Å². The van der Waals surface area contributed by atoms with Gasteiger partial charge in [0, 0.05) is 0 Å². The number of hydrogen-bond acceptors (Lipinski definition) is 4. The van der Waals surface area contributed by atoms with Gasteiger partial charge in [-0.25, -0.2) is 0 Å². The van der Waals surface area contributed by atoms with Crippen LogP contribution in [0, 0.1) is 45.3 Å². The second-order valence-electron chi connectivity index (χ2n) is 5.17. The Morgan fingerprint density at radius 1 is 0.889 bits per heavy atom. The molecule has 0 aliphatic heterocycles. The van der Waals surface area contributed by atoms with Gasteiger partial charge in [0.15, 0.2) is 0 Å². The predicted octanol–water partition coefficient (Wildman–Crippen LogP) is 0.996. The lowest BCUT2D eigenvalue weighted by molar-refractivity contribution is -0.176. The van der Waals surface area contributed by atoms with Crippen molar-refractivity contribution in [3.05, 3.63) is 0 Å². The smallest absolute Gasteiger partial charge is 0.309 e. The van der Waals surface area contributed by atoms with E-state index in [-0.39, 0.29) is 25.7 Å². The number of carboxylic acids is 2. The highest BCUT2D eigenvalue weighted by molar-refractivity contribution is 5.83. The fourth-order valence-electron chi connectivity index (χ4n) is 3.52. The zero-order valence-electron chi connectivity index (χ0n) is 9.59. The Bertz CT molecular complexity index is 445. The van der Waals surface area contributed by atoms with Gasteiger partial charge in [-0.05, 0) is 25.7 Å². The third-order valence-electron chi connectivity index (χ3n) is 4.54. The SMILES string of the molecule is N#CC12CCC(C#N)(CC1)C(C(=O)O)C2C(=O)O. The molecule has 2 bridgehead atoms. The van der Waals surface area contributed by atoms with Crippen molar-refractivity contribution in [1.29, 1.82) is 10.5 Å². The lowest BCUT2D eigenvalue weighted by Gasteiger charge is -2.53. The molecule has 6 heteroatoms. The molecule has 0 heterocycles. The first-order valence-corrected chi connectivity index (χ1v) is 5.70. The normalized spacial score (nSPS) is 41.7. The van der Waals surface area contributed by atoms with E-state index in [9.17, 15) is 30.3 Å². The standard InChI is InChI=1S/C12H12N2O4/c13-5-11-1-2-12(6-14,4-3-11)8(10(17)18)7(11)9(15)16/h7-8H,1-4H2,(H,15,16)(H,17,18). The molecule has 3 aliphatic carbocycles. The molecule has 3 fully saturated rings. The van der Waals surface area contributed by atoms with E-state index in [0.717, 1.165) is 0 Å². The minimum atomic E-state index is -1.29. The van der Waals surface area contributed by atoms with Crippen LogP contribution in [-0.2, 0) is 9.59 Å². The van der Waals surface area contributed by atoms with Crippen molar-refractivity contribution in [3.63, 3.8) is 0 Å². The molecule has 0 aromatic rings. The Balaban J connectivity index is 2.59. The van der Waals surface area contributed by atoms with Crippen LogP contribution in [0.15, 0.2) is 0 Å². The highest BCUT2D eigenvalue weighted by Gasteiger charge is 2.66. The van der Waals surface area contributed by atoms with Gasteiger partial charge in [0.2, 0.25) is 0 Å². The van der Waals surface area contributed by atoms with Crippen LogP contribution in [0.3, 0.4) is 0 Å². The van der Waals surface area contributed by atoms with E-state index in [2.05, 4.69) is 0 Å². The van der Waals surface area contributed by atoms with Gasteiger partial charge in [0.1, 0.15) is 0 Å². The van der Waals surface area contributed by atoms with Crippen molar-refractivity contribution in [2.24, 2.45) is 22.7 Å². The Morgan fingerprint density at radius 3 is 1.33 bits per heavy atom. The van der Waals surface area contributed by atoms with Crippen molar-refractivity contribution in [2.45, 2.75) is 25.7 Å². The highest BCUT2D eigenvalue weighted by atomic mass is 16.4. The zero-order chi connectivity index (χ0) is 13.6. The van der Waals surface area contributed by atoms with Gasteiger partial charge in [-0.15, -0.1) is 0 Å². The minimum Gasteiger partial charge on any atom is -0.481 e. The average molecular weight is 248 g/mol. The Labute approximate surface area is 103 Å². The van der Waals surface area contributed by atoms with Gasteiger partial charge in [-0.2, -0.15) is 10.5 Å². The van der Waals surface area contributed by atoms with E-state index in [4.69, 9.17) is 0 Å². The van der Waals surface area contributed by atoms with Gasteiger partial charge in [-0.1, -0.05) is 0 Å². The topological polar surface area (TPSA) is 122 Å². The Morgan fingerprint density at radius 2 is 1.17 bits per heavy atom. The highest BCUT2D eigenvalue weighted by Crippen LogP contribution is 2.62. The van der Waals surface area contributed by atoms with Crippen molar-refractivity contribution < 1.29 is 19.8 Å². The van der Waals surface area contributed by atoms with Crippen molar-refractivity contribution in [2.75, 3.05) is 0 Å². The second-order valence-corrected chi connectivity index (χ2v) is 5.17. The van der Waals surface area contributed by atoms with Crippen molar-refractivity contribution in [3.8, 4) is 12.1 Å². The van der Waals surface area contributed by atoms with E-state index in [0.29, 0.717) is 0 Å². The van der Waals surface area contributed by atoms with Crippen LogP contribution in [-0.4, -0.2) is 22.2 Å². The third-order valence-corrected chi connectivity index (χ3v) is 4.54. The first-order valence-electron chi connectivity index (χ1n) is 5.70. The Kier molecular flexibility index (Phi) is 2.55. The number of carbonyl (C=O) groups is 2. The maximum atomic E-state index is 11.4. The molecule has 2 N–H and O–H groups in total. The number of rotatable bonds is 2. The Hall–Kier alpha value is -2.08. The van der Waals surface area contributed by atoms with Crippen LogP contribution in [0.4, 0.5) is 0 Å². The summed E-state index contributed by atoms with van der Waals surface area (Å²) in [6, 6.07) is 4.02. The summed E-state index contributed by atoms with van der Waals surface area (Å²) in [5, 5.41) is 37.0. The van der Waals surface area contributed by atoms with Crippen LogP contribution < -0.4 is 0 Å². The van der Waals surface area contributed by atoms with Crippen molar-refractivity contribution >= 4 is 11.9 Å². The molecule has 3 saturated carbocycles. The fraction of sp³-hybridized carbons (Fsp3) is 0.667. The van der Waals surface area contributed by atoms with E-state index in [1.807, 2.05) is 12.1 Å². The molecule has 0 aromatic heterocycles. The van der Waals surface area contributed by atoms with Crippen LogP contribution in [0.1, 0.15) is 25.7 Å². The number of nitriles is 2. The van der Waals surface area contributed by atoms with E-state index in [1.165, 1.54) is 0 Å². The molecule has 0 aromatic carbocycles. The third kappa shape index (κ3) is 1.32. The number of carboxylic acid groups (broad SMARTS) is 2. The molecule has 2 unspecified atom stereocenters. The fourth-order valence-corrected chi connectivity index (χ4v) is 3.52. The second kappa shape index (κ2) is 3.71. The van der Waals surface area contributed by atoms with Crippen molar-refractivity contribution in [1.82, 2.24) is 0 Å². The lowest BCUT2D eigenvalue weighted by atomic mass is 9.45. The summed E-state index contributed by atoms with van der Waals surface area (Å²) in [5.41, 5.74) is -2.26. The molecule has 3 aliphatic rings. The van der Waals surface area contributed by atoms with Gasteiger partial charge < -0.3 is 10.2 Å². The average Bonchev–Trinajstić information content (AvgIpc) is 2.38. The zero-order valence-corrected chi connectivity index (χ0v) is 9.59. The minimum absolute atomic E-state index is 0.289. The van der Waals surface area contributed by atoms with Crippen LogP contribution >= 0.6 is 0 Å². The summed E-state index contributed by atoms with van der Waals surface area (Å²) >= 11 is 0. The molecule has 0 spiro atoms. The molecule has 2 atom stereocenters. The molecule has 0 radical (unpaired) electrons. The molecule has 3 rings (SSSR count). The van der Waals surface area contributed by atoms with E-state index < -0.39 is 34.6 Å². The quantitative estimate of drug-likeness (QED) is 0.751. The summed E-state index contributed by atoms with van der Waals surface area (Å²) in [5.74, 6) is -5.16. The van der Waals surface area contributed by atoms with Gasteiger partial charge in [-0.3, -0.25) is 9.59 Å². The van der Waals surface area contributed by atoms with Gasteiger partial charge in [0.05, 0.1) is 34.8 Å². The molecular formula is C12H12N2O4. The number of nitrogens with zero attached hydrogens (tertiary/aromatic N) is 2. The van der Waals surface area contributed by atoms with E-state index >= 15 is 0 Å². The summed E-state index contributed by atoms with van der Waals surface area (Å²) in [6.45, 7) is 0. The predicted molar refractivity (Wildman–Crippen MR) is 56.8 cm³/mol. The summed E-state index contributed by atoms with van der Waals surface area (Å²) < 4.78 is 0. The molecule has 6 nitrogen and oxygen atoms in total. The van der Waals surface area contributed by atoms with Gasteiger partial charge in [0.25, 0.3) is 0 Å². The monoisotopic (exact) mass is 248 g/mol. The number of hydrogen-bond donors (Lipinski definition) is 2. The number of fused-ring (bicyclic) bond motifs is 3. The summed E-state index contributed by atoms with van der Waals surface area (Å²) in [4.78, 5) is 22.7. The largest absolute Gasteiger partial charge is 0.481 e. The van der Waals surface area contributed by atoms with Crippen LogP contribution in [0.2, 0.25) is 0 Å².